The van der Waals surface area contributed by atoms with Crippen LogP contribution in [0.4, 0.5) is 0 Å². The van der Waals surface area contributed by atoms with Crippen LogP contribution in [0.25, 0.3) is 0 Å². The second-order valence-electron chi connectivity index (χ2n) is 4.11. The van der Waals surface area contributed by atoms with E-state index >= 15 is 0 Å². The highest BCUT2D eigenvalue weighted by Crippen LogP contribution is 2.31. The first-order valence-corrected chi connectivity index (χ1v) is 5.68. The molecule has 0 fully saturated rings. The minimum Gasteiger partial charge on any atom is -0.508 e. The van der Waals surface area contributed by atoms with E-state index < -0.39 is 0 Å². The van der Waals surface area contributed by atoms with E-state index in [2.05, 4.69) is 0 Å². The molecule has 1 aliphatic rings. The second kappa shape index (κ2) is 4.56. The summed E-state index contributed by atoms with van der Waals surface area (Å²) in [7, 11) is 0. The number of phenolic OH excluding ortho intramolecular Hbond substituents is 1. The summed E-state index contributed by atoms with van der Waals surface area (Å²) in [5.74, 6) is 0.0589. The standard InChI is InChI=1S/C13H16O3/c1-2-16-13(15)10-7-6-9-4-3-5-12(14)11(9)8-10/h3-5,10,14H,2,6-8H2,1H3. The first-order chi connectivity index (χ1) is 7.72. The van der Waals surface area contributed by atoms with Gasteiger partial charge in [0.1, 0.15) is 5.75 Å². The number of esters is 1. The average Bonchev–Trinajstić information content (AvgIpc) is 2.29. The molecule has 1 unspecified atom stereocenters. The van der Waals surface area contributed by atoms with E-state index in [1.54, 1.807) is 6.07 Å². The Hall–Kier alpha value is -1.51. The Labute approximate surface area is 95.0 Å². The Morgan fingerprint density at radius 2 is 2.38 bits per heavy atom. The zero-order valence-electron chi connectivity index (χ0n) is 9.40. The van der Waals surface area contributed by atoms with Crippen molar-refractivity contribution >= 4 is 5.97 Å². The molecule has 0 aliphatic heterocycles. The van der Waals surface area contributed by atoms with Crippen LogP contribution in [0.1, 0.15) is 24.5 Å². The second-order valence-corrected chi connectivity index (χ2v) is 4.11. The minimum atomic E-state index is -0.142. The van der Waals surface area contributed by atoms with Crippen molar-refractivity contribution in [2.45, 2.75) is 26.2 Å². The molecule has 0 saturated heterocycles. The maximum absolute atomic E-state index is 11.6. The topological polar surface area (TPSA) is 46.5 Å². The lowest BCUT2D eigenvalue weighted by atomic mass is 9.83. The van der Waals surface area contributed by atoms with Crippen molar-refractivity contribution in [2.24, 2.45) is 5.92 Å². The number of rotatable bonds is 2. The van der Waals surface area contributed by atoms with Gasteiger partial charge in [0.2, 0.25) is 0 Å². The van der Waals surface area contributed by atoms with Gasteiger partial charge in [-0.1, -0.05) is 12.1 Å². The Bertz CT molecular complexity index is 398. The van der Waals surface area contributed by atoms with Crippen LogP contribution in [0.15, 0.2) is 18.2 Å². The maximum atomic E-state index is 11.6. The van der Waals surface area contributed by atoms with Crippen molar-refractivity contribution in [3.63, 3.8) is 0 Å². The van der Waals surface area contributed by atoms with Gasteiger partial charge < -0.3 is 9.84 Å². The predicted molar refractivity (Wildman–Crippen MR) is 60.3 cm³/mol. The summed E-state index contributed by atoms with van der Waals surface area (Å²) in [6.45, 7) is 2.23. The Balaban J connectivity index is 2.17. The molecular formula is C13H16O3. The summed E-state index contributed by atoms with van der Waals surface area (Å²) in [6, 6.07) is 5.53. The quantitative estimate of drug-likeness (QED) is 0.776. The molecule has 2 rings (SSSR count). The molecule has 3 heteroatoms. The third kappa shape index (κ3) is 2.03. The van der Waals surface area contributed by atoms with E-state index in [9.17, 15) is 9.90 Å². The van der Waals surface area contributed by atoms with Crippen LogP contribution in [0.2, 0.25) is 0 Å². The molecule has 1 aromatic rings. The van der Waals surface area contributed by atoms with Crippen molar-refractivity contribution in [3.8, 4) is 5.75 Å². The van der Waals surface area contributed by atoms with E-state index in [-0.39, 0.29) is 11.9 Å². The number of benzene rings is 1. The van der Waals surface area contributed by atoms with E-state index in [0.29, 0.717) is 18.8 Å². The fourth-order valence-corrected chi connectivity index (χ4v) is 2.23. The molecular weight excluding hydrogens is 204 g/mol. The lowest BCUT2D eigenvalue weighted by Crippen LogP contribution is -2.24. The molecule has 1 aromatic carbocycles. The van der Waals surface area contributed by atoms with Gasteiger partial charge in [0.05, 0.1) is 12.5 Å². The van der Waals surface area contributed by atoms with E-state index in [0.717, 1.165) is 24.0 Å². The zero-order valence-corrected chi connectivity index (χ0v) is 9.40. The van der Waals surface area contributed by atoms with Crippen LogP contribution >= 0.6 is 0 Å². The monoisotopic (exact) mass is 220 g/mol. The number of fused-ring (bicyclic) bond motifs is 1. The third-order valence-electron chi connectivity index (χ3n) is 3.08. The van der Waals surface area contributed by atoms with Crippen LogP contribution in [0.3, 0.4) is 0 Å². The van der Waals surface area contributed by atoms with Crippen LogP contribution in [-0.4, -0.2) is 17.7 Å². The number of aryl methyl sites for hydroxylation is 1. The molecule has 0 aromatic heterocycles. The van der Waals surface area contributed by atoms with Crippen molar-refractivity contribution in [3.05, 3.63) is 29.3 Å². The van der Waals surface area contributed by atoms with Crippen LogP contribution < -0.4 is 0 Å². The smallest absolute Gasteiger partial charge is 0.309 e. The van der Waals surface area contributed by atoms with Crippen molar-refractivity contribution in [1.29, 1.82) is 0 Å². The molecule has 1 N–H and O–H groups in total. The van der Waals surface area contributed by atoms with E-state index in [1.807, 2.05) is 19.1 Å². The molecule has 86 valence electrons. The normalized spacial score (nSPS) is 18.9. The van der Waals surface area contributed by atoms with Gasteiger partial charge in [0.25, 0.3) is 0 Å². The molecule has 0 spiro atoms. The summed E-state index contributed by atoms with van der Waals surface area (Å²) >= 11 is 0. The summed E-state index contributed by atoms with van der Waals surface area (Å²) < 4.78 is 5.02. The molecule has 0 bridgehead atoms. The van der Waals surface area contributed by atoms with Crippen LogP contribution in [-0.2, 0) is 22.4 Å². The van der Waals surface area contributed by atoms with Gasteiger partial charge in [0, 0.05) is 0 Å². The number of phenols is 1. The SMILES string of the molecule is CCOC(=O)C1CCc2cccc(O)c2C1. The summed E-state index contributed by atoms with van der Waals surface area (Å²) in [5, 5.41) is 9.73. The van der Waals surface area contributed by atoms with Gasteiger partial charge in [-0.2, -0.15) is 0 Å². The highest BCUT2D eigenvalue weighted by Gasteiger charge is 2.27. The van der Waals surface area contributed by atoms with E-state index in [4.69, 9.17) is 4.74 Å². The van der Waals surface area contributed by atoms with Gasteiger partial charge in [-0.05, 0) is 43.4 Å². The lowest BCUT2D eigenvalue weighted by molar-refractivity contribution is -0.148. The van der Waals surface area contributed by atoms with Gasteiger partial charge in [-0.3, -0.25) is 4.79 Å². The maximum Gasteiger partial charge on any atom is 0.309 e. The molecule has 1 atom stereocenters. The number of hydrogen-bond acceptors (Lipinski definition) is 3. The fraction of sp³-hybridized carbons (Fsp3) is 0.462. The number of carbonyl (C=O) groups is 1. The third-order valence-corrected chi connectivity index (χ3v) is 3.08. The lowest BCUT2D eigenvalue weighted by Gasteiger charge is -2.23. The minimum absolute atomic E-state index is 0.0965. The number of carbonyl (C=O) groups excluding carboxylic acids is 1. The predicted octanol–water partition coefficient (Wildman–Crippen LogP) is 2.06. The largest absolute Gasteiger partial charge is 0.508 e. The average molecular weight is 220 g/mol. The first kappa shape index (κ1) is 11.0. The zero-order chi connectivity index (χ0) is 11.5. The van der Waals surface area contributed by atoms with Gasteiger partial charge in [-0.15, -0.1) is 0 Å². The van der Waals surface area contributed by atoms with Crippen molar-refractivity contribution in [2.75, 3.05) is 6.61 Å². The molecule has 1 aliphatic carbocycles. The van der Waals surface area contributed by atoms with Crippen LogP contribution in [0.5, 0.6) is 5.75 Å². The molecule has 0 saturated carbocycles. The number of aromatic hydroxyl groups is 1. The van der Waals surface area contributed by atoms with Crippen molar-refractivity contribution in [1.82, 2.24) is 0 Å². The molecule has 0 amide bonds. The molecule has 3 nitrogen and oxygen atoms in total. The van der Waals surface area contributed by atoms with Gasteiger partial charge in [0.15, 0.2) is 0 Å². The van der Waals surface area contributed by atoms with E-state index in [1.165, 1.54) is 0 Å². The number of ether oxygens (including phenoxy) is 1. The summed E-state index contributed by atoms with van der Waals surface area (Å²) in [4.78, 5) is 11.6. The van der Waals surface area contributed by atoms with Gasteiger partial charge in [-0.25, -0.2) is 0 Å². The number of hydrogen-bond donors (Lipinski definition) is 1. The molecule has 16 heavy (non-hydrogen) atoms. The Kier molecular flexibility index (Phi) is 3.13. The highest BCUT2D eigenvalue weighted by molar-refractivity contribution is 5.73. The molecule has 0 radical (unpaired) electrons. The summed E-state index contributed by atoms with van der Waals surface area (Å²) in [6.07, 6.45) is 2.25. The highest BCUT2D eigenvalue weighted by atomic mass is 16.5. The first-order valence-electron chi connectivity index (χ1n) is 5.68. The van der Waals surface area contributed by atoms with Crippen LogP contribution in [0, 0.1) is 5.92 Å². The summed E-state index contributed by atoms with van der Waals surface area (Å²) in [5.41, 5.74) is 2.06. The Morgan fingerprint density at radius 1 is 1.56 bits per heavy atom. The van der Waals surface area contributed by atoms with Crippen molar-refractivity contribution < 1.29 is 14.6 Å². The van der Waals surface area contributed by atoms with Gasteiger partial charge >= 0.3 is 5.97 Å². The fourth-order valence-electron chi connectivity index (χ4n) is 2.23. The molecule has 0 heterocycles. The Morgan fingerprint density at radius 3 is 3.12 bits per heavy atom.